The van der Waals surface area contributed by atoms with Crippen LogP contribution in [0.3, 0.4) is 0 Å². The molecule has 236 valence electrons. The molecule has 1 aliphatic rings. The third-order valence-electron chi connectivity index (χ3n) is 7.28. The van der Waals surface area contributed by atoms with E-state index in [2.05, 4.69) is 10.8 Å². The largest absolute Gasteiger partial charge is 0.432 e. The molecule has 4 aromatic rings. The smallest absolute Gasteiger partial charge is 0.429 e. The monoisotopic (exact) mass is 634 g/mol. The molecule has 1 heterocycles. The third-order valence-corrected chi connectivity index (χ3v) is 7.28. The van der Waals surface area contributed by atoms with E-state index in [0.717, 1.165) is 24.5 Å². The molecular weight excluding hydrogens is 608 g/mol. The van der Waals surface area contributed by atoms with E-state index < -0.39 is 64.2 Å². The molecule has 0 saturated carbocycles. The van der Waals surface area contributed by atoms with Gasteiger partial charge in [-0.1, -0.05) is 48.6 Å². The number of ether oxygens (including phenoxy) is 3. The van der Waals surface area contributed by atoms with Gasteiger partial charge in [0.2, 0.25) is 0 Å². The fourth-order valence-electron chi connectivity index (χ4n) is 4.96. The van der Waals surface area contributed by atoms with Gasteiger partial charge in [0, 0.05) is 29.2 Å². The maximum absolute atomic E-state index is 15.2. The van der Waals surface area contributed by atoms with E-state index >= 15 is 4.39 Å². The van der Waals surface area contributed by atoms with Gasteiger partial charge < -0.3 is 14.2 Å². The van der Waals surface area contributed by atoms with Gasteiger partial charge in [0.15, 0.2) is 23.7 Å². The Hall–Kier alpha value is -4.22. The molecule has 11 heteroatoms. The van der Waals surface area contributed by atoms with E-state index in [-0.39, 0.29) is 17.7 Å². The van der Waals surface area contributed by atoms with Crippen molar-refractivity contribution in [3.05, 3.63) is 125 Å². The van der Waals surface area contributed by atoms with E-state index in [9.17, 15) is 30.7 Å². The van der Waals surface area contributed by atoms with Crippen LogP contribution in [0.4, 0.5) is 35.1 Å². The number of rotatable bonds is 9. The van der Waals surface area contributed by atoms with E-state index in [1.54, 1.807) is 24.3 Å². The number of benzene rings is 4. The van der Waals surface area contributed by atoms with E-state index in [1.165, 1.54) is 12.1 Å². The SMILES string of the molecule is C/C=C/CCC1COC(c2ccc(-c3ccc(-c4cc(F)c(C(F)(F)Oc5cc(F)c(F)c(F)c5)c(F)c4)c(F)c3)cc2)OC1. The highest BCUT2D eigenvalue weighted by molar-refractivity contribution is 5.71. The minimum absolute atomic E-state index is 0.0983. The molecule has 0 aromatic heterocycles. The predicted molar refractivity (Wildman–Crippen MR) is 150 cm³/mol. The van der Waals surface area contributed by atoms with Gasteiger partial charge in [-0.05, 0) is 54.7 Å². The van der Waals surface area contributed by atoms with Crippen molar-refractivity contribution in [1.82, 2.24) is 0 Å². The summed E-state index contributed by atoms with van der Waals surface area (Å²) >= 11 is 0. The summed E-state index contributed by atoms with van der Waals surface area (Å²) in [6.07, 6.45) is 0.720. The van der Waals surface area contributed by atoms with E-state index in [0.29, 0.717) is 42.4 Å². The van der Waals surface area contributed by atoms with Crippen LogP contribution in [0.1, 0.15) is 37.2 Å². The van der Waals surface area contributed by atoms with Crippen LogP contribution >= 0.6 is 0 Å². The Morgan fingerprint density at radius 2 is 1.31 bits per heavy atom. The van der Waals surface area contributed by atoms with Gasteiger partial charge in [0.05, 0.1) is 13.2 Å². The zero-order valence-electron chi connectivity index (χ0n) is 23.7. The van der Waals surface area contributed by atoms with Crippen molar-refractivity contribution in [1.29, 1.82) is 0 Å². The van der Waals surface area contributed by atoms with Gasteiger partial charge in [0.25, 0.3) is 0 Å². The molecule has 1 saturated heterocycles. The average molecular weight is 635 g/mol. The third kappa shape index (κ3) is 7.20. The van der Waals surface area contributed by atoms with Crippen molar-refractivity contribution < 1.29 is 49.3 Å². The lowest BCUT2D eigenvalue weighted by atomic mass is 9.97. The van der Waals surface area contributed by atoms with Crippen LogP contribution in [0.2, 0.25) is 0 Å². The topological polar surface area (TPSA) is 27.7 Å². The van der Waals surface area contributed by atoms with Crippen LogP contribution in [0.25, 0.3) is 22.3 Å². The number of alkyl halides is 2. The van der Waals surface area contributed by atoms with Crippen molar-refractivity contribution in [3.8, 4) is 28.0 Å². The second-order valence-corrected chi connectivity index (χ2v) is 10.5. The van der Waals surface area contributed by atoms with Crippen LogP contribution < -0.4 is 4.74 Å². The van der Waals surface area contributed by atoms with E-state index in [1.807, 2.05) is 13.0 Å². The minimum Gasteiger partial charge on any atom is -0.429 e. The summed E-state index contributed by atoms with van der Waals surface area (Å²) in [6, 6.07) is 12.1. The standard InChI is InChI=1S/C34H26F8O3/c1-2-3-4-5-19-17-43-33(44-18-19)21-8-6-20(7-9-21)22-10-11-25(26(35)12-22)23-13-27(36)31(28(37)14-23)34(41,42)45-24-15-29(38)32(40)30(39)16-24/h2-3,6-16,19,33H,4-5,17-18H2,1H3/b3-2+. The molecule has 0 atom stereocenters. The van der Waals surface area contributed by atoms with Crippen molar-refractivity contribution in [2.24, 2.45) is 5.92 Å². The summed E-state index contributed by atoms with van der Waals surface area (Å²) in [6.45, 7) is 3.10. The second kappa shape index (κ2) is 13.4. The first-order chi connectivity index (χ1) is 21.5. The van der Waals surface area contributed by atoms with Crippen LogP contribution in [-0.2, 0) is 15.6 Å². The second-order valence-electron chi connectivity index (χ2n) is 10.5. The Kier molecular flexibility index (Phi) is 9.59. The van der Waals surface area contributed by atoms with Crippen molar-refractivity contribution >= 4 is 0 Å². The molecule has 5 rings (SSSR count). The molecule has 0 bridgehead atoms. The summed E-state index contributed by atoms with van der Waals surface area (Å²) in [5.41, 5.74) is -0.707. The zero-order valence-corrected chi connectivity index (χ0v) is 23.7. The average Bonchev–Trinajstić information content (AvgIpc) is 2.99. The molecule has 3 nitrogen and oxygen atoms in total. The maximum Gasteiger partial charge on any atom is 0.432 e. The normalized spacial score (nSPS) is 17.2. The molecule has 0 amide bonds. The predicted octanol–water partition coefficient (Wildman–Crippen LogP) is 10.0. The van der Waals surface area contributed by atoms with Gasteiger partial charge >= 0.3 is 6.11 Å². The fourth-order valence-corrected chi connectivity index (χ4v) is 4.96. The Morgan fingerprint density at radius 1 is 0.733 bits per heavy atom. The van der Waals surface area contributed by atoms with Gasteiger partial charge in [-0.3, -0.25) is 0 Å². The molecule has 0 spiro atoms. The Bertz CT molecular complexity index is 1650. The molecule has 1 aliphatic heterocycles. The number of allylic oxidation sites excluding steroid dienone is 2. The summed E-state index contributed by atoms with van der Waals surface area (Å²) in [5, 5.41) is 0. The molecule has 0 unspecified atom stereocenters. The molecule has 1 fully saturated rings. The fraction of sp³-hybridized carbons (Fsp3) is 0.235. The Balaban J connectivity index is 1.30. The molecular formula is C34H26F8O3. The lowest BCUT2D eigenvalue weighted by molar-refractivity contribution is -0.205. The quantitative estimate of drug-likeness (QED) is 0.104. The minimum atomic E-state index is -4.76. The summed E-state index contributed by atoms with van der Waals surface area (Å²) < 4.78 is 130. The van der Waals surface area contributed by atoms with Gasteiger partial charge in [-0.2, -0.15) is 8.78 Å². The zero-order chi connectivity index (χ0) is 32.3. The first-order valence-electron chi connectivity index (χ1n) is 13.9. The number of halogens is 8. The van der Waals surface area contributed by atoms with Gasteiger partial charge in [0.1, 0.15) is 28.8 Å². The van der Waals surface area contributed by atoms with Gasteiger partial charge in [-0.25, -0.2) is 26.3 Å². The Morgan fingerprint density at radius 3 is 1.89 bits per heavy atom. The van der Waals surface area contributed by atoms with Crippen LogP contribution in [0.5, 0.6) is 5.75 Å². The highest BCUT2D eigenvalue weighted by Gasteiger charge is 2.41. The van der Waals surface area contributed by atoms with Crippen LogP contribution in [-0.4, -0.2) is 13.2 Å². The summed E-state index contributed by atoms with van der Waals surface area (Å²) in [5.74, 6) is -11.0. The number of hydrogen-bond donors (Lipinski definition) is 0. The van der Waals surface area contributed by atoms with Crippen LogP contribution in [0.15, 0.2) is 78.9 Å². The highest BCUT2D eigenvalue weighted by atomic mass is 19.3. The molecule has 0 radical (unpaired) electrons. The summed E-state index contributed by atoms with van der Waals surface area (Å²) in [7, 11) is 0. The lowest BCUT2D eigenvalue weighted by Crippen LogP contribution is -2.27. The van der Waals surface area contributed by atoms with Crippen molar-refractivity contribution in [2.75, 3.05) is 13.2 Å². The summed E-state index contributed by atoms with van der Waals surface area (Å²) in [4.78, 5) is 0. The first-order valence-corrected chi connectivity index (χ1v) is 13.9. The highest BCUT2D eigenvalue weighted by Crippen LogP contribution is 2.38. The van der Waals surface area contributed by atoms with E-state index in [4.69, 9.17) is 9.47 Å². The first kappa shape index (κ1) is 32.2. The lowest BCUT2D eigenvalue weighted by Gasteiger charge is -2.29. The van der Waals surface area contributed by atoms with Crippen LogP contribution in [0, 0.1) is 40.8 Å². The van der Waals surface area contributed by atoms with Crippen molar-refractivity contribution in [3.63, 3.8) is 0 Å². The molecule has 0 aliphatic carbocycles. The number of hydrogen-bond acceptors (Lipinski definition) is 3. The molecule has 0 N–H and O–H groups in total. The molecule has 45 heavy (non-hydrogen) atoms. The maximum atomic E-state index is 15.2. The van der Waals surface area contributed by atoms with Crippen molar-refractivity contribution in [2.45, 2.75) is 32.2 Å². The molecule has 4 aromatic carbocycles. The van der Waals surface area contributed by atoms with Gasteiger partial charge in [-0.15, -0.1) is 0 Å². The Labute approximate surface area is 253 Å².